The van der Waals surface area contributed by atoms with Gasteiger partial charge in [-0.3, -0.25) is 0 Å². The van der Waals surface area contributed by atoms with Crippen LogP contribution in [-0.2, 0) is 12.8 Å². The predicted molar refractivity (Wildman–Crippen MR) is 209 cm³/mol. The quantitative estimate of drug-likeness (QED) is 0.0954. The zero-order chi connectivity index (χ0) is 33.0. The summed E-state index contributed by atoms with van der Waals surface area (Å²) < 4.78 is 0. The van der Waals surface area contributed by atoms with Gasteiger partial charge in [-0.15, -0.1) is 0 Å². The van der Waals surface area contributed by atoms with Gasteiger partial charge in [0.2, 0.25) is 0 Å². The highest BCUT2D eigenvalue weighted by Crippen LogP contribution is 2.53. The average molecular weight is 637 g/mol. The molecule has 2 aliphatic carbocycles. The lowest BCUT2D eigenvalue weighted by atomic mass is 9.96. The standard InChI is InChI=1S/C46H56Si/c1-7-9-11-13-17-39-31-37-19-15-21-41(35-27-23-33(3)24-28-35)43(37)45(39)47(5,6)46-40(18-14-12-10-8-2)32-38-20-16-22-42(44(38)46)36-29-25-34(4)26-30-36/h15-16,19-30H,7-14,17-18,31-32H2,1-6H3. The number of allylic oxidation sites excluding steroid dienone is 2. The van der Waals surface area contributed by atoms with Crippen molar-refractivity contribution in [3.63, 3.8) is 0 Å². The van der Waals surface area contributed by atoms with Gasteiger partial charge >= 0.3 is 0 Å². The molecule has 0 aromatic heterocycles. The van der Waals surface area contributed by atoms with Gasteiger partial charge in [0.25, 0.3) is 0 Å². The van der Waals surface area contributed by atoms with E-state index in [-0.39, 0.29) is 0 Å². The topological polar surface area (TPSA) is 0 Å². The van der Waals surface area contributed by atoms with E-state index in [1.54, 1.807) is 43.8 Å². The third-order valence-corrected chi connectivity index (χ3v) is 14.7. The monoisotopic (exact) mass is 636 g/mol. The number of aryl methyl sites for hydroxylation is 2. The van der Waals surface area contributed by atoms with Crippen LogP contribution in [0.2, 0.25) is 13.1 Å². The lowest BCUT2D eigenvalue weighted by Gasteiger charge is -2.33. The Bertz CT molecular complexity index is 1630. The van der Waals surface area contributed by atoms with Crippen LogP contribution in [0.5, 0.6) is 0 Å². The van der Waals surface area contributed by atoms with Gasteiger partial charge in [-0.25, -0.2) is 0 Å². The first kappa shape index (κ1) is 33.5. The van der Waals surface area contributed by atoms with Crippen LogP contribution in [0.1, 0.15) is 111 Å². The van der Waals surface area contributed by atoms with E-state index in [2.05, 4.69) is 126 Å². The van der Waals surface area contributed by atoms with Crippen LogP contribution in [0.3, 0.4) is 0 Å². The van der Waals surface area contributed by atoms with Crippen molar-refractivity contribution in [2.24, 2.45) is 0 Å². The molecule has 244 valence electrons. The maximum Gasteiger partial charge on any atom is 0.113 e. The third-order valence-electron chi connectivity index (χ3n) is 11.0. The van der Waals surface area contributed by atoms with Gasteiger partial charge in [-0.1, -0.05) is 173 Å². The van der Waals surface area contributed by atoms with E-state index in [4.69, 9.17) is 0 Å². The summed E-state index contributed by atoms with van der Waals surface area (Å²) in [5, 5.41) is 3.51. The van der Waals surface area contributed by atoms with Gasteiger partial charge in [-0.2, -0.15) is 0 Å². The molecule has 0 heterocycles. The minimum atomic E-state index is -2.19. The number of hydrogen-bond acceptors (Lipinski definition) is 0. The van der Waals surface area contributed by atoms with E-state index in [1.807, 2.05) is 0 Å². The van der Waals surface area contributed by atoms with Crippen molar-refractivity contribution in [3.05, 3.63) is 129 Å². The van der Waals surface area contributed by atoms with Crippen molar-refractivity contribution in [3.8, 4) is 22.3 Å². The van der Waals surface area contributed by atoms with Crippen molar-refractivity contribution >= 4 is 18.5 Å². The summed E-state index contributed by atoms with van der Waals surface area (Å²) in [4.78, 5) is 0. The molecule has 1 heteroatoms. The second kappa shape index (κ2) is 14.8. The van der Waals surface area contributed by atoms with Crippen molar-refractivity contribution in [1.29, 1.82) is 0 Å². The molecule has 0 atom stereocenters. The summed E-state index contributed by atoms with van der Waals surface area (Å²) in [5.41, 5.74) is 18.0. The summed E-state index contributed by atoms with van der Waals surface area (Å²) in [6.07, 6.45) is 15.3. The summed E-state index contributed by atoms with van der Waals surface area (Å²) in [7, 11) is -2.19. The summed E-state index contributed by atoms with van der Waals surface area (Å²) in [5.74, 6) is 0. The molecule has 0 unspecified atom stereocenters. The average Bonchev–Trinajstić information content (AvgIpc) is 3.65. The lowest BCUT2D eigenvalue weighted by Crippen LogP contribution is -2.32. The molecular weight excluding hydrogens is 581 g/mol. The lowest BCUT2D eigenvalue weighted by molar-refractivity contribution is 0.661. The maximum atomic E-state index is 2.72. The minimum Gasteiger partial charge on any atom is -0.0655 e. The number of hydrogen-bond donors (Lipinski definition) is 0. The molecule has 0 bridgehead atoms. The van der Waals surface area contributed by atoms with Crippen LogP contribution < -0.4 is 0 Å². The number of fused-ring (bicyclic) bond motifs is 2. The van der Waals surface area contributed by atoms with Crippen LogP contribution >= 0.6 is 0 Å². The number of benzene rings is 4. The SMILES string of the molecule is CCCCCCC1=C([Si](C)(C)C2=C(CCCCCC)Cc3cccc(-c4ccc(C)cc4)c32)c2c(cccc2-c2ccc(C)cc2)C1. The Hall–Kier alpha value is -3.42. The zero-order valence-electron chi connectivity index (χ0n) is 30.1. The summed E-state index contributed by atoms with van der Waals surface area (Å²) in [6, 6.07) is 32.9. The first-order valence-electron chi connectivity index (χ1n) is 18.7. The smallest absolute Gasteiger partial charge is 0.0655 e. The van der Waals surface area contributed by atoms with Gasteiger partial charge < -0.3 is 0 Å². The molecule has 0 saturated heterocycles. The first-order valence-corrected chi connectivity index (χ1v) is 21.7. The van der Waals surface area contributed by atoms with E-state index in [1.165, 1.54) is 97.6 Å². The molecule has 4 aromatic carbocycles. The molecule has 0 radical (unpaired) electrons. The molecule has 0 spiro atoms. The Morgan fingerprint density at radius 1 is 0.489 bits per heavy atom. The van der Waals surface area contributed by atoms with E-state index < -0.39 is 8.07 Å². The van der Waals surface area contributed by atoms with Crippen LogP contribution in [0.15, 0.2) is 96.1 Å². The van der Waals surface area contributed by atoms with Crippen LogP contribution in [-0.4, -0.2) is 8.07 Å². The van der Waals surface area contributed by atoms with Crippen molar-refractivity contribution in [1.82, 2.24) is 0 Å². The fourth-order valence-electron chi connectivity index (χ4n) is 8.61. The Morgan fingerprint density at radius 3 is 1.28 bits per heavy atom. The predicted octanol–water partition coefficient (Wildman–Crippen LogP) is 13.7. The minimum absolute atomic E-state index is 1.12. The highest BCUT2D eigenvalue weighted by Gasteiger charge is 2.43. The first-order chi connectivity index (χ1) is 22.8. The van der Waals surface area contributed by atoms with Gasteiger partial charge in [0.05, 0.1) is 0 Å². The second-order valence-electron chi connectivity index (χ2n) is 15.0. The molecule has 4 aromatic rings. The van der Waals surface area contributed by atoms with E-state index in [0.29, 0.717) is 0 Å². The fraction of sp³-hybridized carbons (Fsp3) is 0.391. The Morgan fingerprint density at radius 2 is 0.894 bits per heavy atom. The van der Waals surface area contributed by atoms with Crippen molar-refractivity contribution < 1.29 is 0 Å². The molecule has 0 saturated carbocycles. The number of rotatable bonds is 14. The highest BCUT2D eigenvalue weighted by molar-refractivity contribution is 7.09. The third kappa shape index (κ3) is 6.93. The molecule has 47 heavy (non-hydrogen) atoms. The Balaban J connectivity index is 1.55. The highest BCUT2D eigenvalue weighted by atomic mass is 28.3. The van der Waals surface area contributed by atoms with E-state index in [9.17, 15) is 0 Å². The second-order valence-corrected chi connectivity index (χ2v) is 19.2. The van der Waals surface area contributed by atoms with Crippen LogP contribution in [0, 0.1) is 13.8 Å². The van der Waals surface area contributed by atoms with Crippen LogP contribution in [0.4, 0.5) is 0 Å². The molecule has 6 rings (SSSR count). The van der Waals surface area contributed by atoms with E-state index in [0.717, 1.165) is 12.8 Å². The van der Waals surface area contributed by atoms with Gasteiger partial charge in [0.1, 0.15) is 8.07 Å². The van der Waals surface area contributed by atoms with E-state index >= 15 is 0 Å². The summed E-state index contributed by atoms with van der Waals surface area (Å²) >= 11 is 0. The summed E-state index contributed by atoms with van der Waals surface area (Å²) in [6.45, 7) is 14.5. The maximum absolute atomic E-state index is 2.72. The number of unbranched alkanes of at least 4 members (excludes halogenated alkanes) is 6. The van der Waals surface area contributed by atoms with Crippen molar-refractivity contribution in [2.45, 2.75) is 118 Å². The molecule has 0 nitrogen and oxygen atoms in total. The Kier molecular flexibility index (Phi) is 10.5. The molecule has 0 N–H and O–H groups in total. The largest absolute Gasteiger partial charge is 0.113 e. The van der Waals surface area contributed by atoms with Gasteiger partial charge in [0, 0.05) is 0 Å². The van der Waals surface area contributed by atoms with Crippen LogP contribution in [0.25, 0.3) is 32.6 Å². The zero-order valence-corrected chi connectivity index (χ0v) is 31.1. The molecule has 0 fully saturated rings. The molecule has 0 amide bonds. The van der Waals surface area contributed by atoms with Gasteiger partial charge in [0.15, 0.2) is 0 Å². The molecule has 2 aliphatic rings. The normalized spacial score (nSPS) is 14.3. The molecule has 0 aliphatic heterocycles. The Labute approximate surface area is 287 Å². The van der Waals surface area contributed by atoms with Gasteiger partial charge in [-0.05, 0) is 107 Å². The fourth-order valence-corrected chi connectivity index (χ4v) is 12.9. The van der Waals surface area contributed by atoms with Crippen molar-refractivity contribution in [2.75, 3.05) is 0 Å². The molecular formula is C46H56Si.